The van der Waals surface area contributed by atoms with Gasteiger partial charge in [0.1, 0.15) is 13.2 Å². The number of pyridine rings is 1. The molecule has 0 radical (unpaired) electrons. The molecule has 1 N–H and O–H groups in total. The number of hydrogen-bond donors (Lipinski definition) is 1. The van der Waals surface area contributed by atoms with Crippen molar-refractivity contribution in [2.45, 2.75) is 13.5 Å². The SMILES string of the molecule is Cc1cccnc1CNc1ccc2c(c1)OCCO2. The van der Waals surface area contributed by atoms with Crippen molar-refractivity contribution in [3.05, 3.63) is 47.8 Å². The number of nitrogens with zero attached hydrogens (tertiary/aromatic N) is 1. The Bertz CT molecular complexity index is 584. The highest BCUT2D eigenvalue weighted by atomic mass is 16.6. The van der Waals surface area contributed by atoms with Crippen LogP contribution in [0.4, 0.5) is 5.69 Å². The Labute approximate surface area is 112 Å². The maximum atomic E-state index is 5.56. The van der Waals surface area contributed by atoms with Gasteiger partial charge in [-0.1, -0.05) is 6.07 Å². The van der Waals surface area contributed by atoms with E-state index in [1.54, 1.807) is 0 Å². The van der Waals surface area contributed by atoms with Crippen LogP contribution in [0.25, 0.3) is 0 Å². The van der Waals surface area contributed by atoms with E-state index >= 15 is 0 Å². The first-order valence-electron chi connectivity index (χ1n) is 6.37. The van der Waals surface area contributed by atoms with Crippen molar-refractivity contribution in [2.24, 2.45) is 0 Å². The number of ether oxygens (including phenoxy) is 2. The van der Waals surface area contributed by atoms with Gasteiger partial charge in [0, 0.05) is 18.0 Å². The summed E-state index contributed by atoms with van der Waals surface area (Å²) >= 11 is 0. The number of benzene rings is 1. The van der Waals surface area contributed by atoms with Crippen molar-refractivity contribution in [1.29, 1.82) is 0 Å². The normalized spacial score (nSPS) is 13.1. The van der Waals surface area contributed by atoms with Gasteiger partial charge in [0.05, 0.1) is 12.2 Å². The Morgan fingerprint density at radius 2 is 2.00 bits per heavy atom. The van der Waals surface area contributed by atoms with Crippen LogP contribution in [0, 0.1) is 6.92 Å². The largest absolute Gasteiger partial charge is 0.486 e. The molecule has 0 fully saturated rings. The first-order chi connectivity index (χ1) is 9.33. The molecule has 4 heteroatoms. The fourth-order valence-electron chi connectivity index (χ4n) is 2.04. The highest BCUT2D eigenvalue weighted by Crippen LogP contribution is 2.32. The summed E-state index contributed by atoms with van der Waals surface area (Å²) in [6.45, 7) is 3.99. The van der Waals surface area contributed by atoms with Gasteiger partial charge in [0.25, 0.3) is 0 Å². The van der Waals surface area contributed by atoms with Crippen molar-refractivity contribution >= 4 is 5.69 Å². The van der Waals surface area contributed by atoms with E-state index in [0.717, 1.165) is 22.9 Å². The van der Waals surface area contributed by atoms with Gasteiger partial charge in [-0.15, -0.1) is 0 Å². The van der Waals surface area contributed by atoms with Crippen LogP contribution < -0.4 is 14.8 Å². The molecule has 1 aromatic heterocycles. The minimum absolute atomic E-state index is 0.607. The van der Waals surface area contributed by atoms with Crippen molar-refractivity contribution in [1.82, 2.24) is 4.98 Å². The van der Waals surface area contributed by atoms with Crippen LogP contribution in [-0.4, -0.2) is 18.2 Å². The van der Waals surface area contributed by atoms with Gasteiger partial charge in [-0.3, -0.25) is 4.98 Å². The molecule has 1 aromatic carbocycles. The molecule has 0 unspecified atom stereocenters. The third-order valence-electron chi connectivity index (χ3n) is 3.12. The van der Waals surface area contributed by atoms with E-state index in [-0.39, 0.29) is 0 Å². The average Bonchev–Trinajstić information content (AvgIpc) is 2.46. The van der Waals surface area contributed by atoms with Gasteiger partial charge in [0.15, 0.2) is 11.5 Å². The number of rotatable bonds is 3. The van der Waals surface area contributed by atoms with E-state index in [4.69, 9.17) is 9.47 Å². The molecular formula is C15H16N2O2. The highest BCUT2D eigenvalue weighted by molar-refractivity contribution is 5.55. The van der Waals surface area contributed by atoms with E-state index in [1.807, 2.05) is 30.5 Å². The Balaban J connectivity index is 1.72. The predicted octanol–water partition coefficient (Wildman–Crippen LogP) is 2.77. The van der Waals surface area contributed by atoms with Crippen LogP contribution in [0.1, 0.15) is 11.3 Å². The van der Waals surface area contributed by atoms with Gasteiger partial charge in [0.2, 0.25) is 0 Å². The molecule has 0 bridgehead atoms. The summed E-state index contributed by atoms with van der Waals surface area (Å²) in [6.07, 6.45) is 1.81. The lowest BCUT2D eigenvalue weighted by Gasteiger charge is -2.19. The Hall–Kier alpha value is -2.23. The first-order valence-corrected chi connectivity index (χ1v) is 6.37. The minimum Gasteiger partial charge on any atom is -0.486 e. The quantitative estimate of drug-likeness (QED) is 0.917. The molecule has 0 atom stereocenters. The number of fused-ring (bicyclic) bond motifs is 1. The van der Waals surface area contributed by atoms with Crippen LogP contribution in [0.2, 0.25) is 0 Å². The lowest BCUT2D eigenvalue weighted by Crippen LogP contribution is -2.15. The average molecular weight is 256 g/mol. The summed E-state index contributed by atoms with van der Waals surface area (Å²) in [4.78, 5) is 4.36. The molecule has 19 heavy (non-hydrogen) atoms. The third-order valence-corrected chi connectivity index (χ3v) is 3.12. The van der Waals surface area contributed by atoms with Crippen molar-refractivity contribution < 1.29 is 9.47 Å². The smallest absolute Gasteiger partial charge is 0.163 e. The molecule has 0 saturated carbocycles. The van der Waals surface area contributed by atoms with E-state index < -0.39 is 0 Å². The minimum atomic E-state index is 0.607. The fourth-order valence-corrected chi connectivity index (χ4v) is 2.04. The van der Waals surface area contributed by atoms with Crippen LogP contribution in [-0.2, 0) is 6.54 Å². The molecular weight excluding hydrogens is 240 g/mol. The van der Waals surface area contributed by atoms with E-state index in [2.05, 4.69) is 23.3 Å². The molecule has 0 amide bonds. The molecule has 2 aromatic rings. The topological polar surface area (TPSA) is 43.4 Å². The number of aryl methyl sites for hydroxylation is 1. The summed E-state index contributed by atoms with van der Waals surface area (Å²) in [7, 11) is 0. The van der Waals surface area contributed by atoms with E-state index in [1.165, 1.54) is 5.56 Å². The zero-order chi connectivity index (χ0) is 13.1. The second kappa shape index (κ2) is 5.18. The van der Waals surface area contributed by atoms with Crippen LogP contribution in [0.5, 0.6) is 11.5 Å². The summed E-state index contributed by atoms with van der Waals surface area (Å²) < 4.78 is 11.1. The summed E-state index contributed by atoms with van der Waals surface area (Å²) in [5, 5.41) is 3.35. The molecule has 0 spiro atoms. The molecule has 0 saturated heterocycles. The van der Waals surface area contributed by atoms with Crippen molar-refractivity contribution in [3.63, 3.8) is 0 Å². The Morgan fingerprint density at radius 3 is 2.84 bits per heavy atom. The molecule has 4 nitrogen and oxygen atoms in total. The lowest BCUT2D eigenvalue weighted by atomic mass is 10.2. The maximum Gasteiger partial charge on any atom is 0.163 e. The Kier molecular flexibility index (Phi) is 3.23. The zero-order valence-corrected chi connectivity index (χ0v) is 10.8. The molecule has 0 aliphatic carbocycles. The first kappa shape index (κ1) is 11.8. The second-order valence-electron chi connectivity index (χ2n) is 4.48. The summed E-state index contributed by atoms with van der Waals surface area (Å²) in [5.41, 5.74) is 3.25. The summed E-state index contributed by atoms with van der Waals surface area (Å²) in [5.74, 6) is 1.61. The van der Waals surface area contributed by atoms with Gasteiger partial charge in [-0.25, -0.2) is 0 Å². The molecule has 3 rings (SSSR count). The number of hydrogen-bond acceptors (Lipinski definition) is 4. The van der Waals surface area contributed by atoms with Crippen LogP contribution in [0.3, 0.4) is 0 Å². The highest BCUT2D eigenvalue weighted by Gasteiger charge is 2.11. The number of anilines is 1. The van der Waals surface area contributed by atoms with Crippen molar-refractivity contribution in [3.8, 4) is 11.5 Å². The third kappa shape index (κ3) is 2.62. The van der Waals surface area contributed by atoms with Gasteiger partial charge < -0.3 is 14.8 Å². The van der Waals surface area contributed by atoms with Crippen LogP contribution >= 0.6 is 0 Å². The standard InChI is InChI=1S/C15H16N2O2/c1-11-3-2-6-16-13(11)10-17-12-4-5-14-15(9-12)19-8-7-18-14/h2-6,9,17H,7-8,10H2,1H3. The predicted molar refractivity (Wildman–Crippen MR) is 73.7 cm³/mol. The number of aromatic nitrogens is 1. The monoisotopic (exact) mass is 256 g/mol. The van der Waals surface area contributed by atoms with E-state index in [0.29, 0.717) is 19.8 Å². The maximum absolute atomic E-state index is 5.56. The van der Waals surface area contributed by atoms with Gasteiger partial charge in [-0.05, 0) is 30.7 Å². The number of nitrogens with one attached hydrogen (secondary N) is 1. The van der Waals surface area contributed by atoms with Gasteiger partial charge >= 0.3 is 0 Å². The molecule has 1 aliphatic heterocycles. The van der Waals surface area contributed by atoms with E-state index in [9.17, 15) is 0 Å². The van der Waals surface area contributed by atoms with Crippen LogP contribution in [0.15, 0.2) is 36.5 Å². The zero-order valence-electron chi connectivity index (χ0n) is 10.8. The molecule has 2 heterocycles. The fraction of sp³-hybridized carbons (Fsp3) is 0.267. The summed E-state index contributed by atoms with van der Waals surface area (Å²) in [6, 6.07) is 9.90. The van der Waals surface area contributed by atoms with Gasteiger partial charge in [-0.2, -0.15) is 0 Å². The molecule has 1 aliphatic rings. The lowest BCUT2D eigenvalue weighted by molar-refractivity contribution is 0.171. The van der Waals surface area contributed by atoms with Crippen molar-refractivity contribution in [2.75, 3.05) is 18.5 Å². The Morgan fingerprint density at radius 1 is 1.16 bits per heavy atom. The molecule has 98 valence electrons. The second-order valence-corrected chi connectivity index (χ2v) is 4.48.